The lowest BCUT2D eigenvalue weighted by Crippen LogP contribution is -2.60. The number of hydrogen-bond donors (Lipinski definition) is 6. The zero-order valence-electron chi connectivity index (χ0n) is 57.7. The first-order chi connectivity index (χ1) is 43.2. The first-order valence-corrected chi connectivity index (χ1v) is 38.3. The Bertz CT molecular complexity index is 1560. The quantitative estimate of drug-likeness (QED) is 0.0195. The lowest BCUT2D eigenvalue weighted by atomic mass is 9.99. The first kappa shape index (κ1) is 83.9. The fourth-order valence-electron chi connectivity index (χ4n) is 12.2. The minimum absolute atomic E-state index is 0.00588. The van der Waals surface area contributed by atoms with Crippen molar-refractivity contribution in [3.05, 3.63) is 36.5 Å². The fraction of sp³-hybridized carbons (Fsp3) is 0.896. The average molecular weight is 1250 g/mol. The number of esters is 1. The van der Waals surface area contributed by atoms with Gasteiger partial charge in [-0.3, -0.25) is 9.59 Å². The van der Waals surface area contributed by atoms with E-state index in [0.717, 1.165) is 57.8 Å². The molecule has 518 valence electrons. The lowest BCUT2D eigenvalue weighted by Gasteiger charge is -2.40. The van der Waals surface area contributed by atoms with Gasteiger partial charge in [-0.05, 0) is 77.0 Å². The molecule has 0 aromatic carbocycles. The van der Waals surface area contributed by atoms with Crippen molar-refractivity contribution in [1.29, 1.82) is 0 Å². The third kappa shape index (κ3) is 54.4. The Morgan fingerprint density at radius 2 is 0.739 bits per heavy atom. The number of carbonyl (C=O) groups excluding carboxylic acids is 2. The number of allylic oxidation sites excluding steroid dienone is 5. The molecule has 7 unspecified atom stereocenters. The number of unbranched alkanes of at least 4 members (excludes halogenated alkanes) is 50. The molecule has 0 spiro atoms. The third-order valence-electron chi connectivity index (χ3n) is 18.2. The number of carbonyl (C=O) groups is 2. The number of amides is 1. The highest BCUT2D eigenvalue weighted by molar-refractivity contribution is 5.76. The molecule has 0 radical (unpaired) electrons. The second kappa shape index (κ2) is 66.3. The normalized spacial score (nSPS) is 17.9. The molecule has 1 aliphatic heterocycles. The monoisotopic (exact) mass is 1240 g/mol. The van der Waals surface area contributed by atoms with Crippen LogP contribution in [0.5, 0.6) is 0 Å². The molecule has 0 bridgehead atoms. The van der Waals surface area contributed by atoms with Gasteiger partial charge in [0.15, 0.2) is 6.29 Å². The van der Waals surface area contributed by atoms with Gasteiger partial charge >= 0.3 is 5.97 Å². The van der Waals surface area contributed by atoms with E-state index in [9.17, 15) is 35.1 Å². The zero-order chi connectivity index (χ0) is 63.7. The van der Waals surface area contributed by atoms with Crippen LogP contribution in [0.15, 0.2) is 36.5 Å². The summed E-state index contributed by atoms with van der Waals surface area (Å²) in [6, 6.07) is -0.805. The van der Waals surface area contributed by atoms with E-state index in [1.165, 1.54) is 295 Å². The van der Waals surface area contributed by atoms with Crippen molar-refractivity contribution in [2.45, 2.75) is 423 Å². The molecule has 1 rings (SSSR count). The van der Waals surface area contributed by atoms with E-state index in [1.807, 2.05) is 6.08 Å². The van der Waals surface area contributed by atoms with Gasteiger partial charge in [0.1, 0.15) is 24.4 Å². The van der Waals surface area contributed by atoms with Crippen LogP contribution in [0.25, 0.3) is 0 Å². The number of aliphatic hydroxyl groups is 5. The highest BCUT2D eigenvalue weighted by Crippen LogP contribution is 2.24. The summed E-state index contributed by atoms with van der Waals surface area (Å²) in [7, 11) is 0. The Kier molecular flexibility index (Phi) is 63.2. The van der Waals surface area contributed by atoms with E-state index in [-0.39, 0.29) is 18.5 Å². The first-order valence-electron chi connectivity index (χ1n) is 38.3. The highest BCUT2D eigenvalue weighted by atomic mass is 16.7. The van der Waals surface area contributed by atoms with Crippen LogP contribution in [0.1, 0.15) is 380 Å². The average Bonchev–Trinajstić information content (AvgIpc) is 1.59. The molecule has 88 heavy (non-hydrogen) atoms. The second-order valence-electron chi connectivity index (χ2n) is 26.7. The number of aliphatic hydroxyl groups excluding tert-OH is 5. The maximum absolute atomic E-state index is 13.0. The maximum Gasteiger partial charge on any atom is 0.305 e. The smallest absolute Gasteiger partial charge is 0.305 e. The van der Waals surface area contributed by atoms with E-state index >= 15 is 0 Å². The number of ether oxygens (including phenoxy) is 3. The topological polar surface area (TPSA) is 175 Å². The standard InChI is InChI=1S/C77H145NO10/c1-3-5-7-9-11-13-44-49-53-57-61-65-73(82)86-66-62-58-54-50-46-43-41-39-37-35-33-31-29-27-25-23-21-19-17-15-16-18-20-22-24-26-28-30-32-34-36-38-40-42-45-48-52-56-60-64-72(81)78-69(68-87-77-76(85)75(84)74(83)71(67-79)88-77)70(80)63-59-55-51-47-14-12-10-8-6-4-2/h9,11,15-16,59,63,69-71,74-77,79-80,83-85H,3-8,10,12-14,17-58,60-62,64-68H2,1-2H3,(H,78,81)/b11-9-,16-15-,63-59+. The van der Waals surface area contributed by atoms with Crippen LogP contribution < -0.4 is 5.32 Å². The Labute approximate surface area is 543 Å². The van der Waals surface area contributed by atoms with Gasteiger partial charge in [0.25, 0.3) is 0 Å². The SMILES string of the molecule is CCCC/C=C\CCCCCCCC(=O)OCCCCCCCCCCCCCCCCCCCC/C=C\CCCCCCCCCCCCCCCCCCCC(=O)NC(COC1OC(CO)C(O)C(O)C1O)C(O)/C=C/CCCCCCCCCC. The molecule has 6 N–H and O–H groups in total. The van der Waals surface area contributed by atoms with Crippen molar-refractivity contribution < 1.29 is 49.3 Å². The maximum atomic E-state index is 13.0. The highest BCUT2D eigenvalue weighted by Gasteiger charge is 2.44. The minimum Gasteiger partial charge on any atom is -0.466 e. The lowest BCUT2D eigenvalue weighted by molar-refractivity contribution is -0.302. The van der Waals surface area contributed by atoms with Gasteiger partial charge in [0.05, 0.1) is 32.0 Å². The van der Waals surface area contributed by atoms with Crippen LogP contribution in [0.3, 0.4) is 0 Å². The summed E-state index contributed by atoms with van der Waals surface area (Å²) in [4.78, 5) is 25.1. The van der Waals surface area contributed by atoms with Crippen molar-refractivity contribution >= 4 is 11.9 Å². The number of nitrogens with one attached hydrogen (secondary N) is 1. The molecule has 11 nitrogen and oxygen atoms in total. The molecule has 0 aliphatic carbocycles. The van der Waals surface area contributed by atoms with Crippen LogP contribution in [0, 0.1) is 0 Å². The van der Waals surface area contributed by atoms with Gasteiger partial charge in [0.2, 0.25) is 5.91 Å². The summed E-state index contributed by atoms with van der Waals surface area (Å²) in [5.74, 6) is -0.171. The zero-order valence-corrected chi connectivity index (χ0v) is 57.7. The number of rotatable bonds is 68. The van der Waals surface area contributed by atoms with Crippen LogP contribution in [0.2, 0.25) is 0 Å². The molecule has 11 heteroatoms. The largest absolute Gasteiger partial charge is 0.466 e. The Morgan fingerprint density at radius 1 is 0.409 bits per heavy atom. The van der Waals surface area contributed by atoms with Crippen LogP contribution in [-0.2, 0) is 23.8 Å². The summed E-state index contributed by atoms with van der Waals surface area (Å²) in [5.41, 5.74) is 0. The molecule has 1 aliphatic rings. The van der Waals surface area contributed by atoms with E-state index in [0.29, 0.717) is 19.4 Å². The molecule has 1 heterocycles. The summed E-state index contributed by atoms with van der Waals surface area (Å²) in [5, 5.41) is 54.4. The molecule has 0 saturated carbocycles. The summed E-state index contributed by atoms with van der Waals surface area (Å²) < 4.78 is 16.7. The molecule has 1 saturated heterocycles. The Balaban J connectivity index is 1.88. The fourth-order valence-corrected chi connectivity index (χ4v) is 12.2. The van der Waals surface area contributed by atoms with Crippen molar-refractivity contribution in [3.63, 3.8) is 0 Å². The van der Waals surface area contributed by atoms with E-state index < -0.39 is 49.5 Å². The van der Waals surface area contributed by atoms with Gasteiger partial charge in [-0.2, -0.15) is 0 Å². The van der Waals surface area contributed by atoms with Gasteiger partial charge < -0.3 is 45.1 Å². The summed E-state index contributed by atoms with van der Waals surface area (Å²) in [6.07, 6.45) is 76.1. The molecular formula is C77H145NO10. The molecule has 7 atom stereocenters. The minimum atomic E-state index is -1.57. The molecule has 1 fully saturated rings. The van der Waals surface area contributed by atoms with Crippen LogP contribution in [0.4, 0.5) is 0 Å². The van der Waals surface area contributed by atoms with E-state index in [4.69, 9.17) is 14.2 Å². The van der Waals surface area contributed by atoms with E-state index in [2.05, 4.69) is 43.5 Å². The van der Waals surface area contributed by atoms with Crippen molar-refractivity contribution in [3.8, 4) is 0 Å². The van der Waals surface area contributed by atoms with Gasteiger partial charge in [-0.15, -0.1) is 0 Å². The molecule has 0 aromatic rings. The third-order valence-corrected chi connectivity index (χ3v) is 18.2. The van der Waals surface area contributed by atoms with Gasteiger partial charge in [0, 0.05) is 12.8 Å². The van der Waals surface area contributed by atoms with Crippen molar-refractivity contribution in [2.75, 3.05) is 19.8 Å². The second-order valence-corrected chi connectivity index (χ2v) is 26.7. The number of hydrogen-bond acceptors (Lipinski definition) is 10. The van der Waals surface area contributed by atoms with Gasteiger partial charge in [-0.25, -0.2) is 0 Å². The van der Waals surface area contributed by atoms with Crippen molar-refractivity contribution in [2.24, 2.45) is 0 Å². The van der Waals surface area contributed by atoms with E-state index in [1.54, 1.807) is 6.08 Å². The predicted molar refractivity (Wildman–Crippen MR) is 371 cm³/mol. The predicted octanol–water partition coefficient (Wildman–Crippen LogP) is 20.1. The summed E-state index contributed by atoms with van der Waals surface area (Å²) in [6.45, 7) is 4.33. The van der Waals surface area contributed by atoms with Crippen molar-refractivity contribution in [1.82, 2.24) is 5.32 Å². The Morgan fingerprint density at radius 3 is 1.12 bits per heavy atom. The summed E-state index contributed by atoms with van der Waals surface area (Å²) >= 11 is 0. The molecule has 1 amide bonds. The van der Waals surface area contributed by atoms with Crippen LogP contribution in [-0.4, -0.2) is 100 Å². The molecule has 0 aromatic heterocycles. The Hall–Kier alpha value is -2.12. The molecular weight excluding hydrogens is 1100 g/mol. The van der Waals surface area contributed by atoms with Crippen LogP contribution >= 0.6 is 0 Å². The van der Waals surface area contributed by atoms with Gasteiger partial charge in [-0.1, -0.05) is 326 Å².